The van der Waals surface area contributed by atoms with Crippen molar-refractivity contribution < 1.29 is 14.0 Å². The van der Waals surface area contributed by atoms with Crippen LogP contribution in [0.25, 0.3) is 0 Å². The predicted octanol–water partition coefficient (Wildman–Crippen LogP) is 5.18. The number of carbonyl (C=O) groups excluding carboxylic acids is 1. The maximum Gasteiger partial charge on any atom is 0.311 e. The Balaban J connectivity index is 2.20. The Morgan fingerprint density at radius 1 is 0.867 bits per heavy atom. The molecule has 0 aliphatic rings. The molecular weight excluding hydrogens is 388 g/mol. The van der Waals surface area contributed by atoms with Gasteiger partial charge in [0, 0.05) is 6.61 Å². The lowest BCUT2D eigenvalue weighted by molar-refractivity contribution is -0.154. The molecule has 0 spiro atoms. The van der Waals surface area contributed by atoms with Gasteiger partial charge in [-0.05, 0) is 48.5 Å². The van der Waals surface area contributed by atoms with Crippen molar-refractivity contribution in [1.29, 1.82) is 0 Å². The lowest BCUT2D eigenvalue weighted by atomic mass is 9.97. The van der Waals surface area contributed by atoms with Crippen LogP contribution in [0.1, 0.15) is 54.9 Å². The number of hydrogen-bond acceptors (Lipinski definition) is 3. The van der Waals surface area contributed by atoms with Gasteiger partial charge in [0.2, 0.25) is 0 Å². The first-order valence-electron chi connectivity index (χ1n) is 10.9. The van der Waals surface area contributed by atoms with Crippen LogP contribution in [-0.4, -0.2) is 27.5 Å². The molecule has 0 unspecified atom stereocenters. The van der Waals surface area contributed by atoms with E-state index in [1.807, 2.05) is 20.8 Å². The molecule has 4 heteroatoms. The molecule has 0 bridgehead atoms. The molecule has 1 atom stereocenters. The van der Waals surface area contributed by atoms with E-state index in [1.54, 1.807) is 0 Å². The Bertz CT molecular complexity index is 749. The summed E-state index contributed by atoms with van der Waals surface area (Å²) in [4.78, 5) is 12.1. The van der Waals surface area contributed by atoms with Gasteiger partial charge in [0.05, 0.1) is 12.0 Å². The minimum Gasteiger partial charge on any atom is -0.465 e. The Kier molecular flexibility index (Phi) is 8.06. The first-order valence-corrected chi connectivity index (χ1v) is 12.8. The van der Waals surface area contributed by atoms with Gasteiger partial charge in [-0.1, -0.05) is 88.4 Å². The van der Waals surface area contributed by atoms with Gasteiger partial charge < -0.3 is 9.16 Å². The highest BCUT2D eigenvalue weighted by atomic mass is 28.4. The lowest BCUT2D eigenvalue weighted by Crippen LogP contribution is -2.66. The predicted molar refractivity (Wildman–Crippen MR) is 128 cm³/mol. The third-order valence-electron chi connectivity index (χ3n) is 5.46. The molecule has 0 saturated carbocycles. The maximum atomic E-state index is 12.1. The standard InChI is InChI=1S/C26H38O3Si/c1-21(20-28-24(27)25(2,3)4)18-19-29-30(26(5,6)7,22-14-10-8-11-15-22)23-16-12-9-13-17-23/h8-17,21H,18-20H2,1-7H3/t21-/m1/s1. The van der Waals surface area contributed by atoms with Gasteiger partial charge >= 0.3 is 5.97 Å². The minimum absolute atomic E-state index is 0.0301. The van der Waals surface area contributed by atoms with Crippen molar-refractivity contribution in [3.63, 3.8) is 0 Å². The van der Waals surface area contributed by atoms with Crippen LogP contribution >= 0.6 is 0 Å². The second-order valence-electron chi connectivity index (χ2n) is 10.3. The van der Waals surface area contributed by atoms with Crippen LogP contribution in [0, 0.1) is 11.3 Å². The molecule has 2 rings (SSSR count). The van der Waals surface area contributed by atoms with Gasteiger partial charge in [0.1, 0.15) is 0 Å². The van der Waals surface area contributed by atoms with Crippen LogP contribution in [-0.2, 0) is 14.0 Å². The molecule has 0 amide bonds. The van der Waals surface area contributed by atoms with E-state index in [1.165, 1.54) is 10.4 Å². The smallest absolute Gasteiger partial charge is 0.311 e. The Morgan fingerprint density at radius 2 is 1.33 bits per heavy atom. The fourth-order valence-corrected chi connectivity index (χ4v) is 8.27. The van der Waals surface area contributed by atoms with E-state index in [0.717, 1.165) is 6.42 Å². The molecule has 0 radical (unpaired) electrons. The Labute approximate surface area is 183 Å². The van der Waals surface area contributed by atoms with Crippen LogP contribution < -0.4 is 10.4 Å². The van der Waals surface area contributed by atoms with Gasteiger partial charge in [-0.2, -0.15) is 0 Å². The van der Waals surface area contributed by atoms with Gasteiger partial charge in [0.25, 0.3) is 8.32 Å². The van der Waals surface area contributed by atoms with Gasteiger partial charge in [-0.25, -0.2) is 0 Å². The fraction of sp³-hybridized carbons (Fsp3) is 0.500. The van der Waals surface area contributed by atoms with Gasteiger partial charge in [-0.15, -0.1) is 0 Å². The summed E-state index contributed by atoms with van der Waals surface area (Å²) < 4.78 is 12.4. The van der Waals surface area contributed by atoms with Crippen molar-refractivity contribution in [2.45, 2.75) is 59.9 Å². The van der Waals surface area contributed by atoms with Crippen molar-refractivity contribution >= 4 is 24.7 Å². The van der Waals surface area contributed by atoms with Crippen molar-refractivity contribution in [3.05, 3.63) is 60.7 Å². The van der Waals surface area contributed by atoms with E-state index < -0.39 is 13.7 Å². The lowest BCUT2D eigenvalue weighted by Gasteiger charge is -2.43. The van der Waals surface area contributed by atoms with E-state index in [9.17, 15) is 4.79 Å². The first-order chi connectivity index (χ1) is 14.0. The van der Waals surface area contributed by atoms with E-state index in [4.69, 9.17) is 9.16 Å². The first kappa shape index (κ1) is 24.4. The third-order valence-corrected chi connectivity index (χ3v) is 10.5. The summed E-state index contributed by atoms with van der Waals surface area (Å²) in [6.07, 6.45) is 0.849. The highest BCUT2D eigenvalue weighted by molar-refractivity contribution is 6.99. The Morgan fingerprint density at radius 3 is 1.73 bits per heavy atom. The summed E-state index contributed by atoms with van der Waals surface area (Å²) in [6.45, 7) is 15.7. The number of ether oxygens (including phenoxy) is 1. The molecule has 0 saturated heterocycles. The molecule has 30 heavy (non-hydrogen) atoms. The summed E-state index contributed by atoms with van der Waals surface area (Å²) in [5, 5.41) is 2.54. The van der Waals surface area contributed by atoms with Gasteiger partial charge in [0.15, 0.2) is 0 Å². The number of rotatable bonds is 8. The minimum atomic E-state index is -2.50. The Hall–Kier alpha value is -1.91. The summed E-state index contributed by atoms with van der Waals surface area (Å²) in [7, 11) is -2.50. The molecule has 2 aromatic carbocycles. The van der Waals surface area contributed by atoms with Crippen molar-refractivity contribution in [3.8, 4) is 0 Å². The molecule has 0 N–H and O–H groups in total. The summed E-state index contributed by atoms with van der Waals surface area (Å²) in [5.41, 5.74) is -0.467. The van der Waals surface area contributed by atoms with Crippen molar-refractivity contribution in [2.75, 3.05) is 13.2 Å². The van der Waals surface area contributed by atoms with Crippen molar-refractivity contribution in [2.24, 2.45) is 11.3 Å². The third kappa shape index (κ3) is 5.83. The molecule has 3 nitrogen and oxygen atoms in total. The zero-order chi connectivity index (χ0) is 22.4. The van der Waals surface area contributed by atoms with E-state index in [-0.39, 0.29) is 16.9 Å². The number of esters is 1. The molecule has 164 valence electrons. The zero-order valence-electron chi connectivity index (χ0n) is 19.7. The summed E-state index contributed by atoms with van der Waals surface area (Å²) in [6, 6.07) is 21.3. The second kappa shape index (κ2) is 9.93. The molecule has 0 aliphatic carbocycles. The highest BCUT2D eigenvalue weighted by Crippen LogP contribution is 2.36. The van der Waals surface area contributed by atoms with Crippen LogP contribution in [0.5, 0.6) is 0 Å². The van der Waals surface area contributed by atoms with E-state index in [0.29, 0.717) is 13.2 Å². The largest absolute Gasteiger partial charge is 0.465 e. The topological polar surface area (TPSA) is 35.5 Å². The average molecular weight is 427 g/mol. The van der Waals surface area contributed by atoms with E-state index in [2.05, 4.69) is 88.4 Å². The van der Waals surface area contributed by atoms with Crippen molar-refractivity contribution in [1.82, 2.24) is 0 Å². The normalized spacial score (nSPS) is 13.7. The summed E-state index contributed by atoms with van der Waals surface area (Å²) >= 11 is 0. The molecule has 0 aromatic heterocycles. The number of hydrogen-bond donors (Lipinski definition) is 0. The summed E-state index contributed by atoms with van der Waals surface area (Å²) in [5.74, 6) is 0.0942. The van der Waals surface area contributed by atoms with Crippen LogP contribution in [0.2, 0.25) is 5.04 Å². The van der Waals surface area contributed by atoms with E-state index >= 15 is 0 Å². The number of benzene rings is 2. The van der Waals surface area contributed by atoms with Crippen LogP contribution in [0.15, 0.2) is 60.7 Å². The zero-order valence-corrected chi connectivity index (χ0v) is 20.7. The quantitative estimate of drug-likeness (QED) is 0.431. The maximum absolute atomic E-state index is 12.1. The highest BCUT2D eigenvalue weighted by Gasteiger charge is 2.50. The van der Waals surface area contributed by atoms with Gasteiger partial charge in [-0.3, -0.25) is 4.79 Å². The second-order valence-corrected chi connectivity index (χ2v) is 14.6. The molecule has 0 fully saturated rings. The molecule has 0 heterocycles. The monoisotopic (exact) mass is 426 g/mol. The van der Waals surface area contributed by atoms with Crippen LogP contribution in [0.3, 0.4) is 0 Å². The molecule has 2 aromatic rings. The van der Waals surface area contributed by atoms with Crippen LogP contribution in [0.4, 0.5) is 0 Å². The average Bonchev–Trinajstić information content (AvgIpc) is 2.69. The fourth-order valence-electron chi connectivity index (χ4n) is 3.69. The molecular formula is C26H38O3Si. The molecule has 0 aliphatic heterocycles. The SMILES string of the molecule is C[C@H](CCO[Si](c1ccccc1)(c1ccccc1)C(C)(C)C)COC(=O)C(C)(C)C. The number of carbonyl (C=O) groups is 1.